The molecule has 1 atom stereocenters. The molecular weight excluding hydrogens is 715 g/mol. The molecule has 2 aromatic heterocycles. The fourth-order valence-electron chi connectivity index (χ4n) is 4.58. The first kappa shape index (κ1) is 39.6. The molecule has 0 saturated heterocycles. The summed E-state index contributed by atoms with van der Waals surface area (Å²) in [6.45, 7) is 7.66. The number of carboxylic acids is 3. The van der Waals surface area contributed by atoms with Gasteiger partial charge in [-0.05, 0) is 61.2 Å². The highest BCUT2D eigenvalue weighted by Gasteiger charge is 2.43. The van der Waals surface area contributed by atoms with Crippen LogP contribution < -0.4 is 10.1 Å². The molecule has 4 N–H and O–H groups in total. The van der Waals surface area contributed by atoms with Crippen molar-refractivity contribution >= 4 is 75.4 Å². The summed E-state index contributed by atoms with van der Waals surface area (Å²) in [7, 11) is 2.85. The minimum absolute atomic E-state index is 0.0124. The van der Waals surface area contributed by atoms with E-state index >= 15 is 0 Å². The third-order valence-corrected chi connectivity index (χ3v) is 8.43. The summed E-state index contributed by atoms with van der Waals surface area (Å²) in [4.78, 5) is 58.0. The SMILES string of the molecule is COCc1cnc(C2=NC(C)(C(C)C)C(=O)N2)c(C(=O)O)c1.COc1c(Cl)ccc(Cl)c1C(=O)O.Cc1cnc2c(C(=O)O)c(Cl)ccc2c1. The first-order chi connectivity index (χ1) is 23.5. The van der Waals surface area contributed by atoms with E-state index in [1.807, 2.05) is 26.8 Å². The van der Waals surface area contributed by atoms with Gasteiger partial charge < -0.3 is 30.1 Å². The molecule has 264 valence electrons. The number of rotatable bonds is 8. The second kappa shape index (κ2) is 16.7. The normalized spacial score (nSPS) is 14.9. The maximum atomic E-state index is 12.2. The predicted octanol–water partition coefficient (Wildman–Crippen LogP) is 6.81. The number of aromatic carboxylic acids is 3. The summed E-state index contributed by atoms with van der Waals surface area (Å²) in [6, 6.07) is 9.60. The fourth-order valence-corrected chi connectivity index (χ4v) is 5.27. The largest absolute Gasteiger partial charge is 0.494 e. The molecule has 0 fully saturated rings. The average Bonchev–Trinajstić information content (AvgIpc) is 3.37. The number of amidine groups is 1. The topological polar surface area (TPSA) is 198 Å². The summed E-state index contributed by atoms with van der Waals surface area (Å²) in [5.74, 6) is -3.34. The molecule has 1 amide bonds. The van der Waals surface area contributed by atoms with Crippen molar-refractivity contribution in [2.45, 2.75) is 39.8 Å². The number of carboxylic acid groups (broad SMARTS) is 3. The lowest BCUT2D eigenvalue weighted by Gasteiger charge is -2.21. The van der Waals surface area contributed by atoms with Crippen LogP contribution in [0.15, 0.2) is 53.8 Å². The average molecular weight is 748 g/mol. The van der Waals surface area contributed by atoms with Crippen LogP contribution in [-0.4, -0.2) is 74.7 Å². The molecule has 1 unspecified atom stereocenters. The number of aliphatic imine (C=N–C) groups is 1. The van der Waals surface area contributed by atoms with Gasteiger partial charge in [0.1, 0.15) is 22.4 Å². The number of ether oxygens (including phenoxy) is 2. The molecule has 5 rings (SSSR count). The van der Waals surface area contributed by atoms with Crippen molar-refractivity contribution in [1.82, 2.24) is 15.3 Å². The Balaban J connectivity index is 0.000000212. The summed E-state index contributed by atoms with van der Waals surface area (Å²) in [5, 5.41) is 31.1. The second-order valence-corrected chi connectivity index (χ2v) is 12.5. The second-order valence-electron chi connectivity index (χ2n) is 11.2. The number of hydrogen-bond acceptors (Lipinski definition) is 9. The van der Waals surface area contributed by atoms with E-state index in [0.29, 0.717) is 11.1 Å². The number of methoxy groups -OCH3 is 2. The first-order valence-corrected chi connectivity index (χ1v) is 15.8. The van der Waals surface area contributed by atoms with Gasteiger partial charge in [0.2, 0.25) is 0 Å². The Kier molecular flexibility index (Phi) is 13.3. The number of hydrogen-bond donors (Lipinski definition) is 4. The van der Waals surface area contributed by atoms with Crippen LogP contribution in [0.25, 0.3) is 10.9 Å². The maximum Gasteiger partial charge on any atom is 0.341 e. The van der Waals surface area contributed by atoms with Crippen molar-refractivity contribution in [2.24, 2.45) is 10.9 Å². The first-order valence-electron chi connectivity index (χ1n) is 14.6. The van der Waals surface area contributed by atoms with Crippen LogP contribution >= 0.6 is 34.8 Å². The Labute approximate surface area is 301 Å². The molecule has 0 aliphatic carbocycles. The lowest BCUT2D eigenvalue weighted by molar-refractivity contribution is -0.124. The Bertz CT molecular complexity index is 2000. The van der Waals surface area contributed by atoms with E-state index in [-0.39, 0.29) is 67.5 Å². The van der Waals surface area contributed by atoms with Crippen LogP contribution in [0.4, 0.5) is 0 Å². The number of carbonyl (C=O) groups excluding carboxylic acids is 1. The van der Waals surface area contributed by atoms with Gasteiger partial charge in [0.15, 0.2) is 11.6 Å². The number of pyridine rings is 2. The van der Waals surface area contributed by atoms with E-state index in [1.165, 1.54) is 38.6 Å². The predicted molar refractivity (Wildman–Crippen MR) is 188 cm³/mol. The van der Waals surface area contributed by atoms with E-state index in [2.05, 4.69) is 20.3 Å². The highest BCUT2D eigenvalue weighted by Crippen LogP contribution is 2.33. The Hall–Kier alpha value is -4.82. The zero-order valence-electron chi connectivity index (χ0n) is 27.7. The van der Waals surface area contributed by atoms with Gasteiger partial charge in [-0.1, -0.05) is 54.7 Å². The highest BCUT2D eigenvalue weighted by atomic mass is 35.5. The van der Waals surface area contributed by atoms with Gasteiger partial charge in [0, 0.05) is 24.9 Å². The maximum absolute atomic E-state index is 12.2. The number of amides is 1. The van der Waals surface area contributed by atoms with Gasteiger partial charge in [0.25, 0.3) is 5.91 Å². The molecule has 50 heavy (non-hydrogen) atoms. The van der Waals surface area contributed by atoms with E-state index in [4.69, 9.17) is 54.5 Å². The smallest absolute Gasteiger partial charge is 0.341 e. The van der Waals surface area contributed by atoms with Crippen LogP contribution in [0.5, 0.6) is 5.75 Å². The molecule has 0 spiro atoms. The number of fused-ring (bicyclic) bond motifs is 1. The van der Waals surface area contributed by atoms with Crippen LogP contribution in [0.1, 0.15) is 68.7 Å². The minimum atomic E-state index is -1.16. The van der Waals surface area contributed by atoms with Crippen molar-refractivity contribution in [1.29, 1.82) is 0 Å². The zero-order chi connectivity index (χ0) is 37.5. The molecule has 13 nitrogen and oxygen atoms in total. The molecule has 1 aliphatic heterocycles. The number of nitrogens with one attached hydrogen (secondary N) is 1. The zero-order valence-corrected chi connectivity index (χ0v) is 29.9. The Morgan fingerprint density at radius 2 is 1.48 bits per heavy atom. The van der Waals surface area contributed by atoms with Crippen LogP contribution in [-0.2, 0) is 16.1 Å². The summed E-state index contributed by atoms with van der Waals surface area (Å²) in [6.07, 6.45) is 3.15. The Morgan fingerprint density at radius 1 is 0.880 bits per heavy atom. The highest BCUT2D eigenvalue weighted by molar-refractivity contribution is 6.37. The van der Waals surface area contributed by atoms with Gasteiger partial charge >= 0.3 is 17.9 Å². The van der Waals surface area contributed by atoms with Crippen molar-refractivity contribution in [2.75, 3.05) is 14.2 Å². The van der Waals surface area contributed by atoms with Gasteiger partial charge in [-0.2, -0.15) is 0 Å². The molecule has 0 saturated carbocycles. The summed E-state index contributed by atoms with van der Waals surface area (Å²) in [5.41, 5.74) is 1.23. The quantitative estimate of drug-likeness (QED) is 0.148. The summed E-state index contributed by atoms with van der Waals surface area (Å²) < 4.78 is 9.80. The standard InChI is InChI=1S/C15H19N3O4.C11H8ClNO2.C8H6Cl2O3/c1-8(2)15(3)14(21)17-12(18-15)11-10(13(19)20)5-9(6-16-11)7-22-4;1-6-4-7-2-3-8(12)9(11(14)15)10(7)13-5-6;1-13-7-5(10)3-2-4(9)6(7)8(11)12/h5-6,8H,7H2,1-4H3,(H,19,20)(H,17,18,21);2-5H,1H3,(H,14,15);2-3H,1H3,(H,11,12). The summed E-state index contributed by atoms with van der Waals surface area (Å²) >= 11 is 17.2. The molecular formula is C34H33Cl3N4O9. The number of nitrogens with zero attached hydrogens (tertiary/aromatic N) is 3. The molecule has 0 radical (unpaired) electrons. The van der Waals surface area contributed by atoms with Crippen molar-refractivity contribution in [3.8, 4) is 5.75 Å². The number of halogens is 3. The lowest BCUT2D eigenvalue weighted by atomic mass is 9.89. The van der Waals surface area contributed by atoms with Gasteiger partial charge in [-0.15, -0.1) is 0 Å². The minimum Gasteiger partial charge on any atom is -0.494 e. The molecule has 1 aliphatic rings. The molecule has 0 bridgehead atoms. The molecule has 3 heterocycles. The number of aryl methyl sites for hydroxylation is 1. The van der Waals surface area contributed by atoms with Gasteiger partial charge in [-0.3, -0.25) is 14.8 Å². The third-order valence-electron chi connectivity index (χ3n) is 7.50. The van der Waals surface area contributed by atoms with Crippen molar-refractivity contribution in [3.05, 3.63) is 97.4 Å². The van der Waals surface area contributed by atoms with Crippen LogP contribution in [0.3, 0.4) is 0 Å². The van der Waals surface area contributed by atoms with Crippen molar-refractivity contribution in [3.63, 3.8) is 0 Å². The van der Waals surface area contributed by atoms with Crippen molar-refractivity contribution < 1.29 is 44.0 Å². The molecule has 16 heteroatoms. The number of aromatic nitrogens is 2. The van der Waals surface area contributed by atoms with Crippen LogP contribution in [0, 0.1) is 12.8 Å². The van der Waals surface area contributed by atoms with Gasteiger partial charge in [-0.25, -0.2) is 19.4 Å². The van der Waals surface area contributed by atoms with E-state index in [9.17, 15) is 24.3 Å². The lowest BCUT2D eigenvalue weighted by Crippen LogP contribution is -2.41. The fraction of sp³-hybridized carbons (Fsp3) is 0.265. The van der Waals surface area contributed by atoms with E-state index in [1.54, 1.807) is 25.3 Å². The van der Waals surface area contributed by atoms with E-state index < -0.39 is 23.4 Å². The number of benzene rings is 2. The van der Waals surface area contributed by atoms with Crippen LogP contribution in [0.2, 0.25) is 15.1 Å². The monoisotopic (exact) mass is 746 g/mol. The third kappa shape index (κ3) is 8.85. The number of carbonyl (C=O) groups is 4. The van der Waals surface area contributed by atoms with E-state index in [0.717, 1.165) is 10.9 Å². The molecule has 2 aromatic carbocycles. The van der Waals surface area contributed by atoms with Gasteiger partial charge in [0.05, 0.1) is 39.9 Å². The molecule has 4 aromatic rings. The Morgan fingerprint density at radius 3 is 2.00 bits per heavy atom.